The van der Waals surface area contributed by atoms with Crippen LogP contribution in [0.25, 0.3) is 0 Å². The Balaban J connectivity index is 1.59. The van der Waals surface area contributed by atoms with Gasteiger partial charge in [0.25, 0.3) is 5.91 Å². The largest absolute Gasteiger partial charge is 0.419 e. The Morgan fingerprint density at radius 2 is 1.76 bits per heavy atom. The second-order valence-electron chi connectivity index (χ2n) is 9.28. The maximum Gasteiger partial charge on any atom is 0.419 e. The van der Waals surface area contributed by atoms with Crippen molar-refractivity contribution >= 4 is 21.7 Å². The molecule has 13 heteroatoms. The third-order valence-corrected chi connectivity index (χ3v) is 7.55. The number of carbonyl (C=O) groups excluding carboxylic acids is 2. The highest BCUT2D eigenvalue weighted by Crippen LogP contribution is 2.43. The summed E-state index contributed by atoms with van der Waals surface area (Å²) in [7, 11) is -3.65. The second kappa shape index (κ2) is 9.66. The van der Waals surface area contributed by atoms with E-state index >= 15 is 0 Å². The fourth-order valence-corrected chi connectivity index (χ4v) is 5.10. The van der Waals surface area contributed by atoms with Crippen molar-refractivity contribution in [3.8, 4) is 0 Å². The normalized spacial score (nSPS) is 21.1. The lowest BCUT2D eigenvalue weighted by Gasteiger charge is -2.27. The highest BCUT2D eigenvalue weighted by atomic mass is 32.2. The number of amides is 2. The summed E-state index contributed by atoms with van der Waals surface area (Å²) in [5, 5.41) is 2.47. The Labute approximate surface area is 208 Å². The number of alkyl halides is 4. The molecule has 1 unspecified atom stereocenters. The molecule has 1 saturated carbocycles. The molecule has 2 aromatic rings. The van der Waals surface area contributed by atoms with Crippen LogP contribution in [0.4, 0.5) is 26.3 Å². The molecule has 0 radical (unpaired) electrons. The standard InChI is InChI=1S/C24H22F6N2O4S/c1-37(35,36)15-4-2-3-13(7-15)23(34)32-11-14(25)8-20(32)22(33)31-21(12-5-6-12)16-9-19(27)17(10-18(16)26)24(28,29)30/h2-4,7,9-10,12,14,20-21H,5-6,8,11H2,1H3,(H,31,33)/t14-,20+,21?/m0/s1. The minimum Gasteiger partial charge on any atom is -0.347 e. The van der Waals surface area contributed by atoms with Crippen molar-refractivity contribution in [3.05, 3.63) is 64.7 Å². The molecule has 4 rings (SSSR count). The lowest BCUT2D eigenvalue weighted by atomic mass is 9.98. The first-order valence-corrected chi connectivity index (χ1v) is 13.2. The molecule has 6 nitrogen and oxygen atoms in total. The smallest absolute Gasteiger partial charge is 0.347 e. The predicted molar refractivity (Wildman–Crippen MR) is 119 cm³/mol. The van der Waals surface area contributed by atoms with Gasteiger partial charge in [-0.15, -0.1) is 0 Å². The Morgan fingerprint density at radius 3 is 2.35 bits per heavy atom. The summed E-state index contributed by atoms with van der Waals surface area (Å²) < 4.78 is 106. The molecule has 3 atom stereocenters. The van der Waals surface area contributed by atoms with Crippen LogP contribution in [0.3, 0.4) is 0 Å². The molecule has 2 fully saturated rings. The predicted octanol–water partition coefficient (Wildman–Crippen LogP) is 4.21. The van der Waals surface area contributed by atoms with E-state index in [9.17, 15) is 44.3 Å². The molecule has 1 saturated heterocycles. The maximum absolute atomic E-state index is 14.7. The van der Waals surface area contributed by atoms with E-state index < -0.39 is 81.8 Å². The van der Waals surface area contributed by atoms with Crippen LogP contribution >= 0.6 is 0 Å². The van der Waals surface area contributed by atoms with E-state index in [4.69, 9.17) is 0 Å². The van der Waals surface area contributed by atoms with Crippen molar-refractivity contribution in [2.45, 2.75) is 48.6 Å². The molecular formula is C24H22F6N2O4S. The Kier molecular flexibility index (Phi) is 7.04. The third-order valence-electron chi connectivity index (χ3n) is 6.44. The van der Waals surface area contributed by atoms with Crippen LogP contribution < -0.4 is 5.32 Å². The first-order chi connectivity index (χ1) is 17.2. The minimum absolute atomic E-state index is 0.0317. The molecule has 0 spiro atoms. The van der Waals surface area contributed by atoms with Crippen molar-refractivity contribution in [1.29, 1.82) is 0 Å². The lowest BCUT2D eigenvalue weighted by molar-refractivity contribution is -0.140. The average Bonchev–Trinajstić information content (AvgIpc) is 3.57. The highest BCUT2D eigenvalue weighted by molar-refractivity contribution is 7.90. The lowest BCUT2D eigenvalue weighted by Crippen LogP contribution is -2.47. The molecular weight excluding hydrogens is 526 g/mol. The van der Waals surface area contributed by atoms with E-state index in [0.29, 0.717) is 18.9 Å². The summed E-state index contributed by atoms with van der Waals surface area (Å²) in [5.74, 6) is -5.13. The second-order valence-corrected chi connectivity index (χ2v) is 11.3. The van der Waals surface area contributed by atoms with Gasteiger partial charge in [0.2, 0.25) is 5.91 Å². The number of halogens is 6. The summed E-state index contributed by atoms with van der Waals surface area (Å²) in [6.07, 6.45) is -5.17. The monoisotopic (exact) mass is 548 g/mol. The van der Waals surface area contributed by atoms with Gasteiger partial charge in [-0.3, -0.25) is 9.59 Å². The molecule has 0 aromatic heterocycles. The number of likely N-dealkylation sites (tertiary alicyclic amines) is 1. The van der Waals surface area contributed by atoms with Gasteiger partial charge in [0.05, 0.1) is 23.0 Å². The molecule has 37 heavy (non-hydrogen) atoms. The maximum atomic E-state index is 14.7. The number of carbonyl (C=O) groups is 2. The molecule has 1 aliphatic carbocycles. The fraction of sp³-hybridized carbons (Fsp3) is 0.417. The zero-order valence-corrected chi connectivity index (χ0v) is 20.2. The minimum atomic E-state index is -5.11. The van der Waals surface area contributed by atoms with Crippen molar-refractivity contribution in [2.24, 2.45) is 5.92 Å². The highest BCUT2D eigenvalue weighted by Gasteiger charge is 2.44. The molecule has 1 heterocycles. The zero-order chi connectivity index (χ0) is 27.3. The molecule has 2 aliphatic rings. The number of nitrogens with zero attached hydrogens (tertiary/aromatic N) is 1. The van der Waals surface area contributed by atoms with Gasteiger partial charge in [0.1, 0.15) is 23.8 Å². The summed E-state index contributed by atoms with van der Waals surface area (Å²) >= 11 is 0. The molecule has 1 aliphatic heterocycles. The number of rotatable bonds is 6. The van der Waals surface area contributed by atoms with Crippen LogP contribution in [0.15, 0.2) is 41.3 Å². The van der Waals surface area contributed by atoms with E-state index in [1.807, 2.05) is 0 Å². The molecule has 2 amide bonds. The van der Waals surface area contributed by atoms with Gasteiger partial charge in [0, 0.05) is 23.8 Å². The van der Waals surface area contributed by atoms with Gasteiger partial charge in [-0.05, 0) is 49.1 Å². The van der Waals surface area contributed by atoms with E-state index in [2.05, 4.69) is 5.32 Å². The number of hydrogen-bond donors (Lipinski definition) is 1. The van der Waals surface area contributed by atoms with Gasteiger partial charge in [-0.25, -0.2) is 21.6 Å². The number of sulfone groups is 1. The molecule has 2 aromatic carbocycles. The fourth-order valence-electron chi connectivity index (χ4n) is 4.43. The van der Waals surface area contributed by atoms with Crippen LogP contribution in [-0.4, -0.2) is 50.1 Å². The molecule has 200 valence electrons. The van der Waals surface area contributed by atoms with Crippen molar-refractivity contribution in [2.75, 3.05) is 12.8 Å². The van der Waals surface area contributed by atoms with Gasteiger partial charge in [-0.2, -0.15) is 13.2 Å². The summed E-state index contributed by atoms with van der Waals surface area (Å²) in [6, 6.07) is 2.90. The summed E-state index contributed by atoms with van der Waals surface area (Å²) in [5.41, 5.74) is -2.35. The quantitative estimate of drug-likeness (QED) is 0.549. The third kappa shape index (κ3) is 5.76. The Hall–Kier alpha value is -3.09. The average molecular weight is 549 g/mol. The van der Waals surface area contributed by atoms with Gasteiger partial charge >= 0.3 is 6.18 Å². The van der Waals surface area contributed by atoms with Crippen LogP contribution in [-0.2, 0) is 20.8 Å². The first-order valence-electron chi connectivity index (χ1n) is 11.3. The molecule has 1 N–H and O–H groups in total. The van der Waals surface area contributed by atoms with E-state index in [1.165, 1.54) is 18.2 Å². The van der Waals surface area contributed by atoms with Gasteiger partial charge < -0.3 is 10.2 Å². The van der Waals surface area contributed by atoms with E-state index in [-0.39, 0.29) is 22.4 Å². The van der Waals surface area contributed by atoms with E-state index in [1.54, 1.807) is 0 Å². The van der Waals surface area contributed by atoms with Crippen molar-refractivity contribution in [3.63, 3.8) is 0 Å². The van der Waals surface area contributed by atoms with Crippen LogP contribution in [0.5, 0.6) is 0 Å². The SMILES string of the molecule is CS(=O)(=O)c1cccc(C(=O)N2C[C@@H](F)C[C@@H]2C(=O)NC(c2cc(F)c(C(F)(F)F)cc2F)C2CC2)c1. The van der Waals surface area contributed by atoms with Gasteiger partial charge in [-0.1, -0.05) is 6.07 Å². The topological polar surface area (TPSA) is 83.6 Å². The van der Waals surface area contributed by atoms with Crippen molar-refractivity contribution < 1.29 is 44.3 Å². The summed E-state index contributed by atoms with van der Waals surface area (Å²) in [6.45, 7) is -0.461. The number of nitrogens with one attached hydrogen (secondary N) is 1. The van der Waals surface area contributed by atoms with Crippen LogP contribution in [0.2, 0.25) is 0 Å². The summed E-state index contributed by atoms with van der Waals surface area (Å²) in [4.78, 5) is 27.0. The van der Waals surface area contributed by atoms with Gasteiger partial charge in [0.15, 0.2) is 9.84 Å². The van der Waals surface area contributed by atoms with Crippen LogP contribution in [0.1, 0.15) is 46.8 Å². The molecule has 0 bridgehead atoms. The first kappa shape index (κ1) is 27.0. The van der Waals surface area contributed by atoms with Crippen LogP contribution in [0, 0.1) is 17.6 Å². The van der Waals surface area contributed by atoms with Crippen molar-refractivity contribution in [1.82, 2.24) is 10.2 Å². The van der Waals surface area contributed by atoms with E-state index in [0.717, 1.165) is 17.2 Å². The Morgan fingerprint density at radius 1 is 1.08 bits per heavy atom. The zero-order valence-electron chi connectivity index (χ0n) is 19.4. The number of hydrogen-bond acceptors (Lipinski definition) is 4. The number of benzene rings is 2. The Bertz CT molecular complexity index is 1340.